The topological polar surface area (TPSA) is 38.7 Å². The van der Waals surface area contributed by atoms with Crippen molar-refractivity contribution in [2.75, 3.05) is 6.79 Å². The van der Waals surface area contributed by atoms with E-state index in [1.807, 2.05) is 6.07 Å². The van der Waals surface area contributed by atoms with Gasteiger partial charge in [0.15, 0.2) is 11.5 Å². The summed E-state index contributed by atoms with van der Waals surface area (Å²) in [6.45, 7) is 0.188. The summed E-state index contributed by atoms with van der Waals surface area (Å²) in [5.74, 6) is 1.28. The second kappa shape index (κ2) is 6.05. The van der Waals surface area contributed by atoms with Gasteiger partial charge in [-0.05, 0) is 57.4 Å². The standard InChI is InChI=1S/C15H11BrCl2O3/c16-11-4-9(6-14-15(11)21-7-20-14)13(19)5-8-3-10(17)1-2-12(8)18/h1-4,6,13,19H,5,7H2. The van der Waals surface area contributed by atoms with Crippen LogP contribution in [-0.4, -0.2) is 11.9 Å². The molecule has 2 aromatic rings. The highest BCUT2D eigenvalue weighted by Gasteiger charge is 2.21. The fraction of sp³-hybridized carbons (Fsp3) is 0.200. The van der Waals surface area contributed by atoms with Gasteiger partial charge in [-0.3, -0.25) is 0 Å². The molecule has 0 radical (unpaired) electrons. The molecule has 0 amide bonds. The Morgan fingerprint density at radius 1 is 1.19 bits per heavy atom. The molecule has 3 rings (SSSR count). The SMILES string of the molecule is OC(Cc1cc(Cl)ccc1Cl)c1cc(Br)c2c(c1)OCO2. The van der Waals surface area contributed by atoms with Crippen molar-refractivity contribution in [1.82, 2.24) is 0 Å². The molecular weight excluding hydrogens is 379 g/mol. The largest absolute Gasteiger partial charge is 0.454 e. The Labute approximate surface area is 140 Å². The maximum atomic E-state index is 10.4. The van der Waals surface area contributed by atoms with Crippen LogP contribution in [0, 0.1) is 0 Å². The van der Waals surface area contributed by atoms with Crippen LogP contribution in [0.1, 0.15) is 17.2 Å². The van der Waals surface area contributed by atoms with Gasteiger partial charge in [-0.1, -0.05) is 23.2 Å². The Hall–Kier alpha value is -0.940. The molecule has 0 saturated heterocycles. The third-order valence-electron chi connectivity index (χ3n) is 3.26. The lowest BCUT2D eigenvalue weighted by molar-refractivity contribution is 0.171. The number of hydrogen-bond acceptors (Lipinski definition) is 3. The maximum Gasteiger partial charge on any atom is 0.231 e. The van der Waals surface area contributed by atoms with E-state index in [0.717, 1.165) is 15.6 Å². The minimum absolute atomic E-state index is 0.188. The highest BCUT2D eigenvalue weighted by atomic mass is 79.9. The van der Waals surface area contributed by atoms with Crippen LogP contribution in [0.15, 0.2) is 34.8 Å². The lowest BCUT2D eigenvalue weighted by Crippen LogP contribution is -2.02. The molecule has 0 aliphatic carbocycles. The summed E-state index contributed by atoms with van der Waals surface area (Å²) in [4.78, 5) is 0. The van der Waals surface area contributed by atoms with Crippen molar-refractivity contribution in [3.05, 3.63) is 56.0 Å². The van der Waals surface area contributed by atoms with Gasteiger partial charge >= 0.3 is 0 Å². The summed E-state index contributed by atoms with van der Waals surface area (Å²) < 4.78 is 11.4. The molecule has 0 aromatic heterocycles. The molecule has 0 spiro atoms. The van der Waals surface area contributed by atoms with Crippen molar-refractivity contribution in [3.63, 3.8) is 0 Å². The minimum atomic E-state index is -0.716. The van der Waals surface area contributed by atoms with Crippen LogP contribution in [0.2, 0.25) is 10.0 Å². The van der Waals surface area contributed by atoms with Crippen molar-refractivity contribution < 1.29 is 14.6 Å². The summed E-state index contributed by atoms with van der Waals surface area (Å²) in [6.07, 6.45) is -0.349. The summed E-state index contributed by atoms with van der Waals surface area (Å²) in [7, 11) is 0. The number of ether oxygens (including phenoxy) is 2. The zero-order valence-electron chi connectivity index (χ0n) is 10.8. The average molecular weight is 390 g/mol. The monoisotopic (exact) mass is 388 g/mol. The molecule has 0 fully saturated rings. The van der Waals surface area contributed by atoms with Crippen LogP contribution in [-0.2, 0) is 6.42 Å². The highest BCUT2D eigenvalue weighted by Crippen LogP contribution is 2.41. The fourth-order valence-electron chi connectivity index (χ4n) is 2.21. The van der Waals surface area contributed by atoms with E-state index in [2.05, 4.69) is 15.9 Å². The molecule has 1 atom stereocenters. The second-order valence-electron chi connectivity index (χ2n) is 4.69. The van der Waals surface area contributed by atoms with Gasteiger partial charge in [0.05, 0.1) is 10.6 Å². The van der Waals surface area contributed by atoms with Crippen molar-refractivity contribution in [3.8, 4) is 11.5 Å². The van der Waals surface area contributed by atoms with Gasteiger partial charge in [-0.25, -0.2) is 0 Å². The van der Waals surface area contributed by atoms with E-state index in [-0.39, 0.29) is 6.79 Å². The van der Waals surface area contributed by atoms with E-state index in [0.29, 0.717) is 28.0 Å². The zero-order valence-corrected chi connectivity index (χ0v) is 13.9. The van der Waals surface area contributed by atoms with E-state index in [4.69, 9.17) is 32.7 Å². The second-order valence-corrected chi connectivity index (χ2v) is 6.39. The van der Waals surface area contributed by atoms with Gasteiger partial charge in [0.1, 0.15) is 0 Å². The molecule has 0 bridgehead atoms. The molecule has 2 aromatic carbocycles. The minimum Gasteiger partial charge on any atom is -0.454 e. The quantitative estimate of drug-likeness (QED) is 0.822. The van der Waals surface area contributed by atoms with Crippen LogP contribution < -0.4 is 9.47 Å². The van der Waals surface area contributed by atoms with Gasteiger partial charge in [0, 0.05) is 16.5 Å². The van der Waals surface area contributed by atoms with Crippen LogP contribution >= 0.6 is 39.1 Å². The molecular formula is C15H11BrCl2O3. The lowest BCUT2D eigenvalue weighted by atomic mass is 10.0. The third kappa shape index (κ3) is 3.14. The molecule has 21 heavy (non-hydrogen) atoms. The number of rotatable bonds is 3. The Balaban J connectivity index is 1.87. The molecule has 1 aliphatic rings. The summed E-state index contributed by atoms with van der Waals surface area (Å²) in [5.41, 5.74) is 1.52. The predicted octanol–water partition coefficient (Wildman–Crippen LogP) is 4.76. The molecule has 6 heteroatoms. The first-order valence-electron chi connectivity index (χ1n) is 6.25. The molecule has 110 valence electrons. The van der Waals surface area contributed by atoms with E-state index >= 15 is 0 Å². The summed E-state index contributed by atoms with van der Waals surface area (Å²) in [6, 6.07) is 8.79. The Morgan fingerprint density at radius 3 is 2.81 bits per heavy atom. The van der Waals surface area contributed by atoms with Crippen molar-refractivity contribution in [2.45, 2.75) is 12.5 Å². The van der Waals surface area contributed by atoms with Crippen molar-refractivity contribution in [1.29, 1.82) is 0 Å². The average Bonchev–Trinajstić information content (AvgIpc) is 2.91. The highest BCUT2D eigenvalue weighted by molar-refractivity contribution is 9.10. The molecule has 1 unspecified atom stereocenters. The predicted molar refractivity (Wildman–Crippen MR) is 85.4 cm³/mol. The number of hydrogen-bond donors (Lipinski definition) is 1. The van der Waals surface area contributed by atoms with Gasteiger partial charge in [0.25, 0.3) is 0 Å². The first-order chi connectivity index (χ1) is 10.0. The van der Waals surface area contributed by atoms with E-state index in [9.17, 15) is 5.11 Å². The van der Waals surface area contributed by atoms with Gasteiger partial charge in [-0.15, -0.1) is 0 Å². The Kier molecular flexibility index (Phi) is 4.31. The van der Waals surface area contributed by atoms with Crippen LogP contribution in [0.5, 0.6) is 11.5 Å². The van der Waals surface area contributed by atoms with E-state index < -0.39 is 6.10 Å². The molecule has 1 N–H and O–H groups in total. The molecule has 3 nitrogen and oxygen atoms in total. The first kappa shape index (κ1) is 15.0. The zero-order chi connectivity index (χ0) is 15.0. The number of halogens is 3. The fourth-order valence-corrected chi connectivity index (χ4v) is 3.17. The Morgan fingerprint density at radius 2 is 2.00 bits per heavy atom. The van der Waals surface area contributed by atoms with Crippen LogP contribution in [0.4, 0.5) is 0 Å². The summed E-state index contributed by atoms with van der Waals surface area (Å²) in [5, 5.41) is 11.6. The van der Waals surface area contributed by atoms with Gasteiger partial charge in [-0.2, -0.15) is 0 Å². The van der Waals surface area contributed by atoms with E-state index in [1.54, 1.807) is 24.3 Å². The summed E-state index contributed by atoms with van der Waals surface area (Å²) >= 11 is 15.5. The van der Waals surface area contributed by atoms with Gasteiger partial charge < -0.3 is 14.6 Å². The number of aliphatic hydroxyl groups excluding tert-OH is 1. The number of fused-ring (bicyclic) bond motifs is 1. The van der Waals surface area contributed by atoms with E-state index in [1.165, 1.54) is 0 Å². The Bertz CT molecular complexity index is 691. The lowest BCUT2D eigenvalue weighted by Gasteiger charge is -2.14. The molecule has 0 saturated carbocycles. The molecule has 1 aliphatic heterocycles. The van der Waals surface area contributed by atoms with Gasteiger partial charge in [0.2, 0.25) is 6.79 Å². The van der Waals surface area contributed by atoms with Crippen molar-refractivity contribution >= 4 is 39.1 Å². The number of aliphatic hydroxyl groups is 1. The molecule has 1 heterocycles. The smallest absolute Gasteiger partial charge is 0.231 e. The van der Waals surface area contributed by atoms with Crippen molar-refractivity contribution in [2.24, 2.45) is 0 Å². The number of benzene rings is 2. The normalized spacial score (nSPS) is 14.3. The van der Waals surface area contributed by atoms with Crippen LogP contribution in [0.3, 0.4) is 0 Å². The third-order valence-corrected chi connectivity index (χ3v) is 4.45. The van der Waals surface area contributed by atoms with Crippen LogP contribution in [0.25, 0.3) is 0 Å². The first-order valence-corrected chi connectivity index (χ1v) is 7.80. The maximum absolute atomic E-state index is 10.4.